The Balaban J connectivity index is 1.77. The Morgan fingerprint density at radius 1 is 1.56 bits per heavy atom. The lowest BCUT2D eigenvalue weighted by Crippen LogP contribution is -2.30. The van der Waals surface area contributed by atoms with Crippen LogP contribution in [-0.4, -0.2) is 25.8 Å². The number of imidazole rings is 1. The predicted molar refractivity (Wildman–Crippen MR) is 61.9 cm³/mol. The standard InChI is InChI=1S/C11H17N5/c1-9(8-16-5-3-4-14-16)12-6-11-7-13-10(2)15-11/h3-5,7,9,12H,6,8H2,1-2H3,(H,13,15). The summed E-state index contributed by atoms with van der Waals surface area (Å²) in [7, 11) is 0. The normalized spacial score (nSPS) is 12.9. The lowest BCUT2D eigenvalue weighted by molar-refractivity contribution is 0.449. The van der Waals surface area contributed by atoms with Gasteiger partial charge in [-0.2, -0.15) is 5.10 Å². The number of aromatic amines is 1. The van der Waals surface area contributed by atoms with E-state index in [0.29, 0.717) is 6.04 Å². The van der Waals surface area contributed by atoms with Crippen LogP contribution in [0, 0.1) is 6.92 Å². The van der Waals surface area contributed by atoms with Crippen LogP contribution in [0.2, 0.25) is 0 Å². The van der Waals surface area contributed by atoms with Gasteiger partial charge in [0.2, 0.25) is 0 Å². The molecule has 2 N–H and O–H groups in total. The number of hydrogen-bond acceptors (Lipinski definition) is 3. The molecule has 86 valence electrons. The molecule has 1 unspecified atom stereocenters. The van der Waals surface area contributed by atoms with E-state index in [-0.39, 0.29) is 0 Å². The van der Waals surface area contributed by atoms with Crippen molar-refractivity contribution in [2.45, 2.75) is 33.0 Å². The molecule has 1 atom stereocenters. The van der Waals surface area contributed by atoms with Crippen molar-refractivity contribution in [3.05, 3.63) is 36.2 Å². The van der Waals surface area contributed by atoms with E-state index in [1.807, 2.05) is 30.1 Å². The number of rotatable bonds is 5. The van der Waals surface area contributed by atoms with Crippen molar-refractivity contribution < 1.29 is 0 Å². The maximum absolute atomic E-state index is 4.17. The molecule has 0 aromatic carbocycles. The van der Waals surface area contributed by atoms with E-state index in [4.69, 9.17) is 0 Å². The average Bonchev–Trinajstić information content (AvgIpc) is 2.87. The summed E-state index contributed by atoms with van der Waals surface area (Å²) in [4.78, 5) is 7.35. The highest BCUT2D eigenvalue weighted by Gasteiger charge is 2.03. The lowest BCUT2D eigenvalue weighted by atomic mass is 10.3. The van der Waals surface area contributed by atoms with E-state index < -0.39 is 0 Å². The van der Waals surface area contributed by atoms with Crippen LogP contribution in [0.1, 0.15) is 18.4 Å². The van der Waals surface area contributed by atoms with E-state index >= 15 is 0 Å². The first-order valence-corrected chi connectivity index (χ1v) is 5.45. The third-order valence-electron chi connectivity index (χ3n) is 2.42. The fraction of sp³-hybridized carbons (Fsp3) is 0.455. The Morgan fingerprint density at radius 2 is 2.44 bits per heavy atom. The summed E-state index contributed by atoms with van der Waals surface area (Å²) in [5, 5.41) is 7.59. The molecule has 0 saturated carbocycles. The molecule has 2 aromatic rings. The van der Waals surface area contributed by atoms with Crippen molar-refractivity contribution in [1.29, 1.82) is 0 Å². The van der Waals surface area contributed by atoms with Crippen molar-refractivity contribution in [3.8, 4) is 0 Å². The van der Waals surface area contributed by atoms with Crippen LogP contribution in [0.3, 0.4) is 0 Å². The van der Waals surface area contributed by atoms with Crippen molar-refractivity contribution >= 4 is 0 Å². The van der Waals surface area contributed by atoms with Gasteiger partial charge in [0, 0.05) is 36.9 Å². The van der Waals surface area contributed by atoms with Crippen LogP contribution in [0.5, 0.6) is 0 Å². The second kappa shape index (κ2) is 4.94. The van der Waals surface area contributed by atoms with Crippen LogP contribution in [0.15, 0.2) is 24.7 Å². The number of aromatic nitrogens is 4. The summed E-state index contributed by atoms with van der Waals surface area (Å²) >= 11 is 0. The number of aryl methyl sites for hydroxylation is 1. The Bertz CT molecular complexity index is 417. The number of nitrogens with zero attached hydrogens (tertiary/aromatic N) is 3. The van der Waals surface area contributed by atoms with Crippen LogP contribution in [-0.2, 0) is 13.1 Å². The largest absolute Gasteiger partial charge is 0.345 e. The third-order valence-corrected chi connectivity index (χ3v) is 2.42. The van der Waals surface area contributed by atoms with E-state index in [0.717, 1.165) is 24.6 Å². The van der Waals surface area contributed by atoms with Gasteiger partial charge in [-0.05, 0) is 19.9 Å². The van der Waals surface area contributed by atoms with Gasteiger partial charge in [0.15, 0.2) is 0 Å². The molecule has 5 nitrogen and oxygen atoms in total. The van der Waals surface area contributed by atoms with E-state index in [2.05, 4.69) is 27.3 Å². The van der Waals surface area contributed by atoms with Gasteiger partial charge in [0.25, 0.3) is 0 Å². The van der Waals surface area contributed by atoms with Gasteiger partial charge in [-0.15, -0.1) is 0 Å². The van der Waals surface area contributed by atoms with Crippen molar-refractivity contribution in [1.82, 2.24) is 25.1 Å². The third kappa shape index (κ3) is 2.93. The van der Waals surface area contributed by atoms with Crippen LogP contribution < -0.4 is 5.32 Å². The van der Waals surface area contributed by atoms with E-state index in [1.165, 1.54) is 0 Å². The fourth-order valence-electron chi connectivity index (χ4n) is 1.60. The van der Waals surface area contributed by atoms with Crippen LogP contribution in [0.25, 0.3) is 0 Å². The molecule has 0 amide bonds. The highest BCUT2D eigenvalue weighted by atomic mass is 15.3. The van der Waals surface area contributed by atoms with Gasteiger partial charge >= 0.3 is 0 Å². The van der Waals surface area contributed by atoms with Gasteiger partial charge in [0.1, 0.15) is 5.82 Å². The average molecular weight is 219 g/mol. The molecule has 2 aromatic heterocycles. The molecule has 0 aliphatic heterocycles. The summed E-state index contributed by atoms with van der Waals surface area (Å²) in [6.45, 7) is 5.78. The zero-order chi connectivity index (χ0) is 11.4. The van der Waals surface area contributed by atoms with E-state index in [9.17, 15) is 0 Å². The Kier molecular flexibility index (Phi) is 3.36. The molecule has 2 heterocycles. The van der Waals surface area contributed by atoms with Crippen LogP contribution in [0.4, 0.5) is 0 Å². The van der Waals surface area contributed by atoms with Crippen molar-refractivity contribution in [2.75, 3.05) is 0 Å². The number of nitrogens with one attached hydrogen (secondary N) is 2. The molecule has 0 aliphatic carbocycles. The molecule has 0 spiro atoms. The fourth-order valence-corrected chi connectivity index (χ4v) is 1.60. The maximum Gasteiger partial charge on any atom is 0.103 e. The highest BCUT2D eigenvalue weighted by Crippen LogP contribution is 1.97. The van der Waals surface area contributed by atoms with Crippen LogP contribution >= 0.6 is 0 Å². The molecule has 0 bridgehead atoms. The number of hydrogen-bond donors (Lipinski definition) is 2. The minimum atomic E-state index is 0.378. The summed E-state index contributed by atoms with van der Waals surface area (Å²) in [5.41, 5.74) is 1.12. The summed E-state index contributed by atoms with van der Waals surface area (Å²) in [6, 6.07) is 2.31. The molecule has 0 radical (unpaired) electrons. The summed E-state index contributed by atoms with van der Waals surface area (Å²) < 4.78 is 1.93. The van der Waals surface area contributed by atoms with Gasteiger partial charge in [-0.3, -0.25) is 4.68 Å². The Hall–Kier alpha value is -1.62. The quantitative estimate of drug-likeness (QED) is 0.791. The maximum atomic E-state index is 4.17. The van der Waals surface area contributed by atoms with Gasteiger partial charge < -0.3 is 10.3 Å². The minimum absolute atomic E-state index is 0.378. The zero-order valence-electron chi connectivity index (χ0n) is 9.64. The van der Waals surface area contributed by atoms with Gasteiger partial charge in [-0.1, -0.05) is 0 Å². The topological polar surface area (TPSA) is 58.5 Å². The second-order valence-corrected chi connectivity index (χ2v) is 4.00. The molecular weight excluding hydrogens is 202 g/mol. The molecule has 0 aliphatic rings. The molecule has 0 saturated heterocycles. The van der Waals surface area contributed by atoms with Crippen molar-refractivity contribution in [3.63, 3.8) is 0 Å². The monoisotopic (exact) mass is 219 g/mol. The minimum Gasteiger partial charge on any atom is -0.345 e. The van der Waals surface area contributed by atoms with Gasteiger partial charge in [-0.25, -0.2) is 4.98 Å². The number of H-pyrrole nitrogens is 1. The first-order chi connectivity index (χ1) is 7.74. The second-order valence-electron chi connectivity index (χ2n) is 4.00. The smallest absolute Gasteiger partial charge is 0.103 e. The summed E-state index contributed by atoms with van der Waals surface area (Å²) in [5.74, 6) is 0.955. The summed E-state index contributed by atoms with van der Waals surface area (Å²) in [6.07, 6.45) is 5.63. The molecule has 2 rings (SSSR count). The molecule has 16 heavy (non-hydrogen) atoms. The van der Waals surface area contributed by atoms with Crippen molar-refractivity contribution in [2.24, 2.45) is 0 Å². The predicted octanol–water partition coefficient (Wildman–Crippen LogP) is 1.09. The highest BCUT2D eigenvalue weighted by molar-refractivity contribution is 4.99. The first kappa shape index (κ1) is 10.9. The lowest BCUT2D eigenvalue weighted by Gasteiger charge is -2.12. The molecular formula is C11H17N5. The molecule has 0 fully saturated rings. The zero-order valence-corrected chi connectivity index (χ0v) is 9.64. The Labute approximate surface area is 94.9 Å². The van der Waals surface area contributed by atoms with Gasteiger partial charge in [0.05, 0.1) is 6.54 Å². The molecule has 5 heteroatoms. The first-order valence-electron chi connectivity index (χ1n) is 5.45. The SMILES string of the molecule is Cc1ncc(CNC(C)Cn2cccn2)[nH]1. The Morgan fingerprint density at radius 3 is 3.06 bits per heavy atom. The van der Waals surface area contributed by atoms with E-state index in [1.54, 1.807) is 6.20 Å².